The standard InChI is InChI=1S/C30H36Si/c1-19-13-15-25-27(17-19)21-9-5-7-11-23(21)29(25)31(3,4)30-24-12-8-6-10-22(24)28-18-20(2)14-16-26(28)30/h13-18,29-30H,5-12H2,1-4H3. The van der Waals surface area contributed by atoms with E-state index in [0.29, 0.717) is 11.1 Å². The summed E-state index contributed by atoms with van der Waals surface area (Å²) in [7, 11) is -1.71. The predicted molar refractivity (Wildman–Crippen MR) is 136 cm³/mol. The summed E-state index contributed by atoms with van der Waals surface area (Å²) < 4.78 is 0. The zero-order valence-electron chi connectivity index (χ0n) is 19.8. The molecule has 4 aliphatic rings. The molecule has 2 aromatic carbocycles. The van der Waals surface area contributed by atoms with Gasteiger partial charge in [-0.05, 0) is 98.6 Å². The van der Waals surface area contributed by atoms with Crippen LogP contribution in [0, 0.1) is 13.8 Å². The van der Waals surface area contributed by atoms with Crippen molar-refractivity contribution in [1.29, 1.82) is 0 Å². The minimum Gasteiger partial charge on any atom is -0.0679 e. The highest BCUT2D eigenvalue weighted by Crippen LogP contribution is 2.59. The Balaban J connectivity index is 1.54. The molecule has 6 rings (SSSR count). The lowest BCUT2D eigenvalue weighted by Gasteiger charge is -2.41. The third kappa shape index (κ3) is 2.85. The van der Waals surface area contributed by atoms with E-state index in [4.69, 9.17) is 0 Å². The molecule has 2 unspecified atom stereocenters. The van der Waals surface area contributed by atoms with Crippen LogP contribution in [0.3, 0.4) is 0 Å². The van der Waals surface area contributed by atoms with Crippen LogP contribution in [-0.4, -0.2) is 8.07 Å². The van der Waals surface area contributed by atoms with Crippen molar-refractivity contribution in [2.24, 2.45) is 0 Å². The third-order valence-corrected chi connectivity index (χ3v) is 13.2. The lowest BCUT2D eigenvalue weighted by Crippen LogP contribution is -2.43. The Labute approximate surface area is 189 Å². The van der Waals surface area contributed by atoms with Gasteiger partial charge in [-0.3, -0.25) is 0 Å². The first-order chi connectivity index (χ1) is 15.0. The fourth-order valence-corrected chi connectivity index (χ4v) is 12.6. The van der Waals surface area contributed by atoms with Gasteiger partial charge in [0, 0.05) is 11.1 Å². The molecule has 0 aliphatic heterocycles. The number of rotatable bonds is 2. The highest BCUT2D eigenvalue weighted by Gasteiger charge is 2.51. The minimum absolute atomic E-state index is 0.700. The molecule has 2 aromatic rings. The zero-order chi connectivity index (χ0) is 21.3. The van der Waals surface area contributed by atoms with Gasteiger partial charge in [0.1, 0.15) is 0 Å². The van der Waals surface area contributed by atoms with Crippen molar-refractivity contribution in [1.82, 2.24) is 0 Å². The maximum absolute atomic E-state index is 2.74. The summed E-state index contributed by atoms with van der Waals surface area (Å²) in [5.74, 6) is 0. The van der Waals surface area contributed by atoms with Crippen molar-refractivity contribution in [2.45, 2.75) is 89.4 Å². The molecule has 0 saturated carbocycles. The molecule has 0 amide bonds. The first kappa shape index (κ1) is 19.8. The first-order valence-corrected chi connectivity index (χ1v) is 15.8. The van der Waals surface area contributed by atoms with E-state index in [-0.39, 0.29) is 0 Å². The highest BCUT2D eigenvalue weighted by molar-refractivity contribution is 6.82. The molecule has 0 spiro atoms. The number of hydrogen-bond donors (Lipinski definition) is 0. The van der Waals surface area contributed by atoms with Gasteiger partial charge in [-0.1, -0.05) is 71.8 Å². The van der Waals surface area contributed by atoms with E-state index in [0.717, 1.165) is 0 Å². The third-order valence-electron chi connectivity index (χ3n) is 8.90. The summed E-state index contributed by atoms with van der Waals surface area (Å²) in [5, 5.41) is 0. The van der Waals surface area contributed by atoms with Gasteiger partial charge in [0.25, 0.3) is 0 Å². The topological polar surface area (TPSA) is 0 Å². The quantitative estimate of drug-likeness (QED) is 0.423. The molecule has 0 bridgehead atoms. The van der Waals surface area contributed by atoms with Crippen molar-refractivity contribution < 1.29 is 0 Å². The van der Waals surface area contributed by atoms with Crippen molar-refractivity contribution in [2.75, 3.05) is 0 Å². The number of allylic oxidation sites excluding steroid dienone is 4. The Morgan fingerprint density at radius 2 is 1.03 bits per heavy atom. The van der Waals surface area contributed by atoms with Gasteiger partial charge >= 0.3 is 0 Å². The lowest BCUT2D eigenvalue weighted by atomic mass is 9.91. The average molecular weight is 425 g/mol. The molecular formula is C30H36Si. The summed E-state index contributed by atoms with van der Waals surface area (Å²) in [6, 6.07) is 14.8. The van der Waals surface area contributed by atoms with E-state index >= 15 is 0 Å². The summed E-state index contributed by atoms with van der Waals surface area (Å²) in [4.78, 5) is 0. The first-order valence-electron chi connectivity index (χ1n) is 12.6. The largest absolute Gasteiger partial charge is 0.0722 e. The van der Waals surface area contributed by atoms with Crippen molar-refractivity contribution in [3.05, 3.63) is 80.9 Å². The second-order valence-corrected chi connectivity index (χ2v) is 16.1. The van der Waals surface area contributed by atoms with Crippen molar-refractivity contribution in [3.63, 3.8) is 0 Å². The van der Waals surface area contributed by atoms with Crippen molar-refractivity contribution >= 4 is 19.2 Å². The van der Waals surface area contributed by atoms with Crippen LogP contribution in [0.4, 0.5) is 0 Å². The predicted octanol–water partition coefficient (Wildman–Crippen LogP) is 8.64. The Kier molecular flexibility index (Phi) is 4.51. The molecule has 4 aliphatic carbocycles. The van der Waals surface area contributed by atoms with E-state index in [9.17, 15) is 0 Å². The number of benzene rings is 2. The molecule has 0 radical (unpaired) electrons. The van der Waals surface area contributed by atoms with Crippen LogP contribution < -0.4 is 0 Å². The average Bonchev–Trinajstić information content (AvgIpc) is 3.27. The molecule has 0 heterocycles. The van der Waals surface area contributed by atoms with Gasteiger partial charge in [-0.15, -0.1) is 0 Å². The molecule has 0 fully saturated rings. The van der Waals surface area contributed by atoms with Crippen LogP contribution in [0.15, 0.2) is 47.5 Å². The Hall–Kier alpha value is -1.86. The minimum atomic E-state index is -1.71. The molecule has 1 heteroatoms. The molecule has 160 valence electrons. The van der Waals surface area contributed by atoms with Crippen molar-refractivity contribution in [3.8, 4) is 0 Å². The molecular weight excluding hydrogens is 388 g/mol. The Bertz CT molecular complexity index is 1050. The van der Waals surface area contributed by atoms with Gasteiger partial charge in [-0.2, -0.15) is 0 Å². The molecule has 0 nitrogen and oxygen atoms in total. The van der Waals surface area contributed by atoms with E-state index in [1.165, 1.54) is 62.5 Å². The van der Waals surface area contributed by atoms with Gasteiger partial charge in [0.2, 0.25) is 0 Å². The fourth-order valence-electron chi connectivity index (χ4n) is 7.72. The smallest absolute Gasteiger partial charge is 0.0679 e. The van der Waals surface area contributed by atoms with E-state index in [1.54, 1.807) is 33.4 Å². The van der Waals surface area contributed by atoms with Gasteiger partial charge < -0.3 is 0 Å². The van der Waals surface area contributed by atoms with E-state index < -0.39 is 8.07 Å². The SMILES string of the molecule is Cc1ccc2c(c1)C1=C(CCCC1)C2[Si](C)(C)C1C2=C(CCCC2)c2cc(C)ccc21. The van der Waals surface area contributed by atoms with Crippen LogP contribution in [-0.2, 0) is 0 Å². The van der Waals surface area contributed by atoms with E-state index in [2.05, 4.69) is 63.3 Å². The second-order valence-electron chi connectivity index (χ2n) is 11.3. The van der Waals surface area contributed by atoms with E-state index in [1.807, 2.05) is 11.1 Å². The molecule has 0 saturated heterocycles. The zero-order valence-corrected chi connectivity index (χ0v) is 20.8. The maximum Gasteiger partial charge on any atom is 0.0722 e. The summed E-state index contributed by atoms with van der Waals surface area (Å²) in [6.07, 6.45) is 10.8. The highest BCUT2D eigenvalue weighted by atomic mass is 28.3. The lowest BCUT2D eigenvalue weighted by molar-refractivity contribution is 0.690. The van der Waals surface area contributed by atoms with Crippen LogP contribution in [0.2, 0.25) is 13.1 Å². The number of hydrogen-bond acceptors (Lipinski definition) is 0. The number of aryl methyl sites for hydroxylation is 2. The van der Waals surface area contributed by atoms with Gasteiger partial charge in [-0.25, -0.2) is 0 Å². The second kappa shape index (κ2) is 7.07. The van der Waals surface area contributed by atoms with Crippen LogP contribution >= 0.6 is 0 Å². The van der Waals surface area contributed by atoms with Crippen LogP contribution in [0.1, 0.15) is 95.8 Å². The van der Waals surface area contributed by atoms with Crippen LogP contribution in [0.25, 0.3) is 11.1 Å². The van der Waals surface area contributed by atoms with Gasteiger partial charge in [0.15, 0.2) is 0 Å². The molecule has 2 atom stereocenters. The fraction of sp³-hybridized carbons (Fsp3) is 0.467. The maximum atomic E-state index is 2.74. The molecule has 0 N–H and O–H groups in total. The van der Waals surface area contributed by atoms with Crippen LogP contribution in [0.5, 0.6) is 0 Å². The Morgan fingerprint density at radius 1 is 0.613 bits per heavy atom. The Morgan fingerprint density at radius 3 is 1.48 bits per heavy atom. The summed E-state index contributed by atoms with van der Waals surface area (Å²) in [6.45, 7) is 10.0. The molecule has 31 heavy (non-hydrogen) atoms. The van der Waals surface area contributed by atoms with Gasteiger partial charge in [0.05, 0.1) is 8.07 Å². The summed E-state index contributed by atoms with van der Waals surface area (Å²) >= 11 is 0. The monoisotopic (exact) mass is 424 g/mol. The molecule has 0 aromatic heterocycles. The summed E-state index contributed by atoms with van der Waals surface area (Å²) in [5.41, 5.74) is 18.1. The number of fused-ring (bicyclic) bond motifs is 4. The normalized spacial score (nSPS) is 24.8.